The van der Waals surface area contributed by atoms with E-state index in [1.54, 1.807) is 0 Å². The highest BCUT2D eigenvalue weighted by molar-refractivity contribution is 5.82. The van der Waals surface area contributed by atoms with E-state index in [-0.39, 0.29) is 0 Å². The van der Waals surface area contributed by atoms with Crippen LogP contribution in [-0.4, -0.2) is 12.4 Å². The third-order valence-electron chi connectivity index (χ3n) is 3.18. The number of nitrogens with two attached hydrogens (primary N) is 1. The van der Waals surface area contributed by atoms with Crippen LogP contribution >= 0.6 is 0 Å². The Kier molecular flexibility index (Phi) is 4.62. The van der Waals surface area contributed by atoms with E-state index >= 15 is 0 Å². The van der Waals surface area contributed by atoms with Crippen LogP contribution in [0.4, 0.5) is 0 Å². The van der Waals surface area contributed by atoms with Crippen molar-refractivity contribution in [2.24, 2.45) is 22.1 Å². The number of nitrogens with zero attached hydrogens (tertiary/aromatic N) is 1. The van der Waals surface area contributed by atoms with Crippen LogP contribution in [0.15, 0.2) is 4.99 Å². The minimum atomic E-state index is 0.371. The van der Waals surface area contributed by atoms with Crippen LogP contribution in [0.3, 0.4) is 0 Å². The van der Waals surface area contributed by atoms with Crippen LogP contribution < -0.4 is 5.73 Å². The molecule has 2 N–H and O–H groups in total. The third kappa shape index (κ3) is 5.19. The van der Waals surface area contributed by atoms with Crippen molar-refractivity contribution in [1.82, 2.24) is 0 Å². The summed E-state index contributed by atoms with van der Waals surface area (Å²) in [6.07, 6.45) is 7.68. The predicted octanol–water partition coefficient (Wildman–Crippen LogP) is 3.36. The van der Waals surface area contributed by atoms with Gasteiger partial charge in [0, 0.05) is 12.5 Å². The van der Waals surface area contributed by atoms with Crippen molar-refractivity contribution < 1.29 is 0 Å². The van der Waals surface area contributed by atoms with Crippen molar-refractivity contribution in [1.29, 1.82) is 0 Å². The predicted molar refractivity (Wildman–Crippen MR) is 67.1 cm³/mol. The lowest BCUT2D eigenvalue weighted by Crippen LogP contribution is -2.26. The van der Waals surface area contributed by atoms with Gasteiger partial charge in [0.1, 0.15) is 0 Å². The van der Waals surface area contributed by atoms with Crippen molar-refractivity contribution in [2.75, 3.05) is 6.54 Å². The molecule has 15 heavy (non-hydrogen) atoms. The lowest BCUT2D eigenvalue weighted by molar-refractivity contribution is 0.383. The number of aliphatic imine (C=N–C) groups is 1. The zero-order valence-electron chi connectivity index (χ0n) is 10.6. The Morgan fingerprint density at radius 3 is 2.33 bits per heavy atom. The minimum absolute atomic E-state index is 0.371. The molecule has 0 amide bonds. The fourth-order valence-electron chi connectivity index (χ4n) is 2.05. The maximum absolute atomic E-state index is 6.03. The molecule has 0 spiro atoms. The molecule has 1 aliphatic carbocycles. The molecule has 1 aliphatic rings. The molecule has 0 atom stereocenters. The quantitative estimate of drug-likeness (QED) is 0.563. The summed E-state index contributed by atoms with van der Waals surface area (Å²) in [6, 6.07) is 0. The highest BCUT2D eigenvalue weighted by Crippen LogP contribution is 2.24. The summed E-state index contributed by atoms with van der Waals surface area (Å²) in [4.78, 5) is 4.53. The first-order chi connectivity index (χ1) is 6.99. The van der Waals surface area contributed by atoms with Crippen molar-refractivity contribution in [2.45, 2.75) is 59.3 Å². The normalized spacial score (nSPS) is 20.6. The largest absolute Gasteiger partial charge is 0.387 e. The van der Waals surface area contributed by atoms with Crippen molar-refractivity contribution in [3.63, 3.8) is 0 Å². The van der Waals surface area contributed by atoms with Crippen molar-refractivity contribution >= 4 is 5.84 Å². The fourth-order valence-corrected chi connectivity index (χ4v) is 2.05. The van der Waals surface area contributed by atoms with Crippen LogP contribution in [0.2, 0.25) is 0 Å². The van der Waals surface area contributed by atoms with Crippen LogP contribution in [0, 0.1) is 11.3 Å². The number of hydrogen-bond acceptors (Lipinski definition) is 1. The molecular weight excluding hydrogens is 184 g/mol. The molecule has 88 valence electrons. The van der Waals surface area contributed by atoms with Gasteiger partial charge in [0.15, 0.2) is 0 Å². The maximum atomic E-state index is 6.03. The van der Waals surface area contributed by atoms with Gasteiger partial charge < -0.3 is 5.73 Å². The van der Waals surface area contributed by atoms with E-state index in [0.717, 1.165) is 18.8 Å². The molecule has 1 fully saturated rings. The summed E-state index contributed by atoms with van der Waals surface area (Å²) in [5.41, 5.74) is 6.40. The first kappa shape index (κ1) is 12.5. The van der Waals surface area contributed by atoms with Gasteiger partial charge in [-0.3, -0.25) is 4.99 Å². The second-order valence-corrected chi connectivity index (χ2v) is 5.95. The van der Waals surface area contributed by atoms with E-state index < -0.39 is 0 Å². The van der Waals surface area contributed by atoms with Crippen LogP contribution in [0.25, 0.3) is 0 Å². The molecule has 0 aromatic heterocycles. The molecule has 1 saturated carbocycles. The van der Waals surface area contributed by atoms with Gasteiger partial charge in [0.2, 0.25) is 0 Å². The number of amidine groups is 1. The standard InChI is InChI=1S/C13H26N2/c1-13(2,3)9-10-15-12(14)11-7-5-4-6-8-11/h11H,4-10H2,1-3H3,(H2,14,15). The molecule has 2 nitrogen and oxygen atoms in total. The summed E-state index contributed by atoms with van der Waals surface area (Å²) in [5, 5.41) is 0. The van der Waals surface area contributed by atoms with Crippen LogP contribution in [0.5, 0.6) is 0 Å². The SMILES string of the molecule is CC(C)(C)CCN=C(N)C1CCCCC1. The zero-order valence-corrected chi connectivity index (χ0v) is 10.6. The Bertz CT molecular complexity index is 207. The Balaban J connectivity index is 2.31. The van der Waals surface area contributed by atoms with E-state index in [1.165, 1.54) is 32.1 Å². The summed E-state index contributed by atoms with van der Waals surface area (Å²) in [5.74, 6) is 1.50. The van der Waals surface area contributed by atoms with E-state index in [9.17, 15) is 0 Å². The molecule has 0 aromatic carbocycles. The average molecular weight is 210 g/mol. The van der Waals surface area contributed by atoms with Gasteiger partial charge in [-0.1, -0.05) is 40.0 Å². The third-order valence-corrected chi connectivity index (χ3v) is 3.18. The van der Waals surface area contributed by atoms with Gasteiger partial charge >= 0.3 is 0 Å². The van der Waals surface area contributed by atoms with E-state index in [0.29, 0.717) is 11.3 Å². The summed E-state index contributed by atoms with van der Waals surface area (Å²) in [7, 11) is 0. The second kappa shape index (κ2) is 5.53. The lowest BCUT2D eigenvalue weighted by atomic mass is 9.88. The monoisotopic (exact) mass is 210 g/mol. The Morgan fingerprint density at radius 2 is 1.80 bits per heavy atom. The van der Waals surface area contributed by atoms with Crippen molar-refractivity contribution in [3.8, 4) is 0 Å². The highest BCUT2D eigenvalue weighted by Gasteiger charge is 2.17. The molecule has 0 saturated heterocycles. The fraction of sp³-hybridized carbons (Fsp3) is 0.923. The van der Waals surface area contributed by atoms with Crippen molar-refractivity contribution in [3.05, 3.63) is 0 Å². The molecule has 0 unspecified atom stereocenters. The van der Waals surface area contributed by atoms with Crippen LogP contribution in [0.1, 0.15) is 59.3 Å². The van der Waals surface area contributed by atoms with E-state index in [4.69, 9.17) is 5.73 Å². The molecular formula is C13H26N2. The summed E-state index contributed by atoms with van der Waals surface area (Å²) in [6.45, 7) is 7.64. The maximum Gasteiger partial charge on any atom is 0.0968 e. The van der Waals surface area contributed by atoms with Gasteiger partial charge in [-0.05, 0) is 24.7 Å². The molecule has 0 aliphatic heterocycles. The lowest BCUT2D eigenvalue weighted by Gasteiger charge is -2.21. The smallest absolute Gasteiger partial charge is 0.0968 e. The Labute approximate surface area is 94.3 Å². The first-order valence-electron chi connectivity index (χ1n) is 6.29. The first-order valence-corrected chi connectivity index (χ1v) is 6.29. The van der Waals surface area contributed by atoms with E-state index in [2.05, 4.69) is 25.8 Å². The molecule has 1 rings (SSSR count). The number of rotatable bonds is 3. The van der Waals surface area contributed by atoms with Crippen LogP contribution in [-0.2, 0) is 0 Å². The van der Waals surface area contributed by atoms with Gasteiger partial charge in [0.05, 0.1) is 5.84 Å². The van der Waals surface area contributed by atoms with Gasteiger partial charge in [-0.15, -0.1) is 0 Å². The molecule has 2 heteroatoms. The topological polar surface area (TPSA) is 38.4 Å². The molecule has 0 heterocycles. The molecule has 0 aromatic rings. The van der Waals surface area contributed by atoms with Gasteiger partial charge in [-0.2, -0.15) is 0 Å². The summed E-state index contributed by atoms with van der Waals surface area (Å²) >= 11 is 0. The van der Waals surface area contributed by atoms with Gasteiger partial charge in [-0.25, -0.2) is 0 Å². The van der Waals surface area contributed by atoms with Gasteiger partial charge in [0.25, 0.3) is 0 Å². The highest BCUT2D eigenvalue weighted by atomic mass is 14.9. The van der Waals surface area contributed by atoms with E-state index in [1.807, 2.05) is 0 Å². The molecule has 0 radical (unpaired) electrons. The number of hydrogen-bond donors (Lipinski definition) is 1. The Hall–Kier alpha value is -0.530. The second-order valence-electron chi connectivity index (χ2n) is 5.95. The molecule has 0 bridgehead atoms. The Morgan fingerprint density at radius 1 is 1.20 bits per heavy atom. The average Bonchev–Trinajstić information content (AvgIpc) is 2.17. The zero-order chi connectivity index (χ0) is 11.3. The summed E-state index contributed by atoms with van der Waals surface area (Å²) < 4.78 is 0. The minimum Gasteiger partial charge on any atom is -0.387 e.